The fraction of sp³-hybridized carbons (Fsp3) is 0.250. The lowest BCUT2D eigenvalue weighted by Crippen LogP contribution is -1.99. The minimum absolute atomic E-state index is 0.480. The molecule has 1 unspecified atom stereocenters. The number of aromatic nitrogens is 2. The van der Waals surface area contributed by atoms with Gasteiger partial charge in [0, 0.05) is 18.8 Å². The van der Waals surface area contributed by atoms with Crippen LogP contribution < -0.4 is 4.74 Å². The van der Waals surface area contributed by atoms with Crippen LogP contribution in [0.15, 0.2) is 30.6 Å². The van der Waals surface area contributed by atoms with Crippen LogP contribution >= 0.6 is 11.6 Å². The molecule has 0 aliphatic carbocycles. The van der Waals surface area contributed by atoms with Crippen molar-refractivity contribution in [3.05, 3.63) is 46.7 Å². The summed E-state index contributed by atoms with van der Waals surface area (Å²) in [6.45, 7) is 0. The summed E-state index contributed by atoms with van der Waals surface area (Å²) >= 11 is 6.01. The van der Waals surface area contributed by atoms with Crippen molar-refractivity contribution in [3.8, 4) is 5.75 Å². The quantitative estimate of drug-likeness (QED) is 0.911. The van der Waals surface area contributed by atoms with Gasteiger partial charge in [0.1, 0.15) is 11.9 Å². The van der Waals surface area contributed by atoms with Gasteiger partial charge in [-0.1, -0.05) is 17.7 Å². The van der Waals surface area contributed by atoms with E-state index in [4.69, 9.17) is 16.3 Å². The third-order valence-electron chi connectivity index (χ3n) is 2.53. The largest absolute Gasteiger partial charge is 0.495 e. The second kappa shape index (κ2) is 4.77. The number of aryl methyl sites for hydroxylation is 1. The molecule has 2 rings (SSSR count). The Morgan fingerprint density at radius 2 is 2.18 bits per heavy atom. The molecule has 0 aliphatic rings. The van der Waals surface area contributed by atoms with E-state index in [1.165, 1.54) is 0 Å². The minimum Gasteiger partial charge on any atom is -0.495 e. The van der Waals surface area contributed by atoms with Crippen molar-refractivity contribution in [1.29, 1.82) is 0 Å². The molecule has 0 fully saturated rings. The number of benzene rings is 1. The lowest BCUT2D eigenvalue weighted by atomic mass is 10.0. The summed E-state index contributed by atoms with van der Waals surface area (Å²) in [4.78, 5) is 0. The van der Waals surface area contributed by atoms with Crippen molar-refractivity contribution in [2.24, 2.45) is 7.05 Å². The molecule has 4 nitrogen and oxygen atoms in total. The molecule has 90 valence electrons. The summed E-state index contributed by atoms with van der Waals surface area (Å²) in [7, 11) is 3.36. The van der Waals surface area contributed by atoms with Crippen molar-refractivity contribution in [2.75, 3.05) is 7.11 Å². The Balaban J connectivity index is 2.31. The number of hydrogen-bond donors (Lipinski definition) is 1. The minimum atomic E-state index is -0.730. The van der Waals surface area contributed by atoms with Crippen molar-refractivity contribution in [1.82, 2.24) is 9.78 Å². The first-order valence-corrected chi connectivity index (χ1v) is 5.49. The maximum atomic E-state index is 10.1. The van der Waals surface area contributed by atoms with E-state index >= 15 is 0 Å². The predicted molar refractivity (Wildman–Crippen MR) is 65.3 cm³/mol. The normalized spacial score (nSPS) is 12.5. The Morgan fingerprint density at radius 3 is 2.71 bits per heavy atom. The molecule has 5 heteroatoms. The lowest BCUT2D eigenvalue weighted by Gasteiger charge is -2.10. The summed E-state index contributed by atoms with van der Waals surface area (Å²) in [6, 6.07) is 5.21. The SMILES string of the molecule is COc1ccc(C(O)c2cnn(C)c2)cc1Cl. The van der Waals surface area contributed by atoms with Gasteiger partial charge >= 0.3 is 0 Å². The summed E-state index contributed by atoms with van der Waals surface area (Å²) in [5.74, 6) is 0.591. The van der Waals surface area contributed by atoms with Gasteiger partial charge in [-0.25, -0.2) is 0 Å². The van der Waals surface area contributed by atoms with Crippen molar-refractivity contribution in [3.63, 3.8) is 0 Å². The number of nitrogens with zero attached hydrogens (tertiary/aromatic N) is 2. The number of methoxy groups -OCH3 is 1. The van der Waals surface area contributed by atoms with Crippen LogP contribution in [0.5, 0.6) is 5.75 Å². The first-order valence-electron chi connectivity index (χ1n) is 5.12. The Kier molecular flexibility index (Phi) is 3.36. The highest BCUT2D eigenvalue weighted by Gasteiger charge is 2.13. The maximum Gasteiger partial charge on any atom is 0.137 e. The van der Waals surface area contributed by atoms with Crippen LogP contribution in [-0.4, -0.2) is 22.0 Å². The molecule has 1 heterocycles. The van der Waals surface area contributed by atoms with Crippen LogP contribution in [0, 0.1) is 0 Å². The van der Waals surface area contributed by atoms with E-state index in [9.17, 15) is 5.11 Å². The lowest BCUT2D eigenvalue weighted by molar-refractivity contribution is 0.220. The van der Waals surface area contributed by atoms with Gasteiger partial charge in [-0.05, 0) is 17.7 Å². The van der Waals surface area contributed by atoms with Crippen molar-refractivity contribution >= 4 is 11.6 Å². The Morgan fingerprint density at radius 1 is 1.41 bits per heavy atom. The standard InChI is InChI=1S/C12H13ClN2O2/c1-15-7-9(6-14-15)12(16)8-3-4-11(17-2)10(13)5-8/h3-7,12,16H,1-2H3. The summed E-state index contributed by atoms with van der Waals surface area (Å²) < 4.78 is 6.70. The van der Waals surface area contributed by atoms with Crippen LogP contribution in [0.25, 0.3) is 0 Å². The van der Waals surface area contributed by atoms with Crippen LogP contribution in [0.2, 0.25) is 5.02 Å². The number of halogens is 1. The maximum absolute atomic E-state index is 10.1. The van der Waals surface area contributed by atoms with E-state index < -0.39 is 6.10 Å². The highest BCUT2D eigenvalue weighted by Crippen LogP contribution is 2.29. The Labute approximate surface area is 104 Å². The van der Waals surface area contributed by atoms with Gasteiger partial charge in [0.05, 0.1) is 18.3 Å². The second-order valence-electron chi connectivity index (χ2n) is 3.74. The molecule has 2 aromatic rings. The van der Waals surface area contributed by atoms with E-state index in [1.807, 2.05) is 0 Å². The van der Waals surface area contributed by atoms with Crippen LogP contribution in [0.1, 0.15) is 17.2 Å². The molecule has 0 bridgehead atoms. The molecule has 0 radical (unpaired) electrons. The van der Waals surface area contributed by atoms with E-state index in [0.717, 1.165) is 5.56 Å². The number of aliphatic hydroxyl groups is 1. The summed E-state index contributed by atoms with van der Waals surface area (Å²) in [5.41, 5.74) is 1.44. The topological polar surface area (TPSA) is 47.3 Å². The zero-order valence-corrected chi connectivity index (χ0v) is 10.3. The number of rotatable bonds is 3. The highest BCUT2D eigenvalue weighted by atomic mass is 35.5. The molecule has 0 amide bonds. The van der Waals surface area contributed by atoms with E-state index in [2.05, 4.69) is 5.10 Å². The zero-order chi connectivity index (χ0) is 12.4. The second-order valence-corrected chi connectivity index (χ2v) is 4.15. The fourth-order valence-electron chi connectivity index (χ4n) is 1.63. The van der Waals surface area contributed by atoms with Gasteiger partial charge < -0.3 is 9.84 Å². The van der Waals surface area contributed by atoms with Gasteiger partial charge in [0.25, 0.3) is 0 Å². The molecule has 1 atom stereocenters. The highest BCUT2D eigenvalue weighted by molar-refractivity contribution is 6.32. The van der Waals surface area contributed by atoms with Gasteiger partial charge in [-0.3, -0.25) is 4.68 Å². The predicted octanol–water partition coefficient (Wildman–Crippen LogP) is 2.16. The number of aliphatic hydroxyl groups excluding tert-OH is 1. The Bertz CT molecular complexity index is 525. The van der Waals surface area contributed by atoms with Crippen LogP contribution in [0.3, 0.4) is 0 Å². The van der Waals surface area contributed by atoms with Gasteiger partial charge in [-0.15, -0.1) is 0 Å². The molecule has 0 aliphatic heterocycles. The molecule has 0 saturated carbocycles. The van der Waals surface area contributed by atoms with Gasteiger partial charge in [-0.2, -0.15) is 5.10 Å². The third-order valence-corrected chi connectivity index (χ3v) is 2.83. The van der Waals surface area contributed by atoms with Crippen molar-refractivity contribution in [2.45, 2.75) is 6.10 Å². The molecular weight excluding hydrogens is 240 g/mol. The van der Waals surface area contributed by atoms with Gasteiger partial charge in [0.2, 0.25) is 0 Å². The smallest absolute Gasteiger partial charge is 0.137 e. The monoisotopic (exact) mass is 252 g/mol. The molecule has 1 N–H and O–H groups in total. The van der Waals surface area contributed by atoms with Crippen LogP contribution in [0.4, 0.5) is 0 Å². The van der Waals surface area contributed by atoms with E-state index in [1.54, 1.807) is 49.4 Å². The summed E-state index contributed by atoms with van der Waals surface area (Å²) in [6.07, 6.45) is 2.66. The number of ether oxygens (including phenoxy) is 1. The average molecular weight is 253 g/mol. The van der Waals surface area contributed by atoms with E-state index in [0.29, 0.717) is 16.3 Å². The molecule has 0 saturated heterocycles. The molecule has 1 aromatic heterocycles. The molecule has 1 aromatic carbocycles. The molecular formula is C12H13ClN2O2. The van der Waals surface area contributed by atoms with E-state index in [-0.39, 0.29) is 0 Å². The first kappa shape index (κ1) is 12.0. The molecule has 0 spiro atoms. The van der Waals surface area contributed by atoms with Crippen LogP contribution in [-0.2, 0) is 7.05 Å². The first-order chi connectivity index (χ1) is 8.11. The van der Waals surface area contributed by atoms with Gasteiger partial charge in [0.15, 0.2) is 0 Å². The molecule has 17 heavy (non-hydrogen) atoms. The number of hydrogen-bond acceptors (Lipinski definition) is 3. The zero-order valence-electron chi connectivity index (χ0n) is 9.59. The Hall–Kier alpha value is -1.52. The fourth-order valence-corrected chi connectivity index (χ4v) is 1.89. The summed E-state index contributed by atoms with van der Waals surface area (Å²) in [5, 5.41) is 14.6. The van der Waals surface area contributed by atoms with Crippen molar-refractivity contribution < 1.29 is 9.84 Å². The average Bonchev–Trinajstić information content (AvgIpc) is 2.75. The third kappa shape index (κ3) is 2.43.